The van der Waals surface area contributed by atoms with Crippen molar-refractivity contribution in [2.45, 2.75) is 71.2 Å². The first-order valence-corrected chi connectivity index (χ1v) is 15.8. The summed E-state index contributed by atoms with van der Waals surface area (Å²) in [6.45, 7) is 9.09. The number of ether oxygens (including phenoxy) is 1. The zero-order valence-corrected chi connectivity index (χ0v) is 28.2. The lowest BCUT2D eigenvalue weighted by Crippen LogP contribution is -2.60. The molecule has 0 aliphatic carbocycles. The van der Waals surface area contributed by atoms with Crippen molar-refractivity contribution in [3.8, 4) is 0 Å². The number of aliphatic hydroxyl groups excluding tert-OH is 1. The van der Waals surface area contributed by atoms with Gasteiger partial charge in [0.1, 0.15) is 12.1 Å². The molecule has 1 aliphatic rings. The van der Waals surface area contributed by atoms with E-state index < -0.39 is 42.1 Å². The lowest BCUT2D eigenvalue weighted by atomic mass is 9.97. The molecule has 1 aromatic rings. The molecular weight excluding hydrogens is 578 g/mol. The van der Waals surface area contributed by atoms with E-state index >= 15 is 0 Å². The van der Waals surface area contributed by atoms with Crippen LogP contribution < -0.4 is 21.4 Å². The van der Waals surface area contributed by atoms with Gasteiger partial charge in [0.25, 0.3) is 5.91 Å². The molecule has 2 unspecified atom stereocenters. The van der Waals surface area contributed by atoms with Crippen molar-refractivity contribution in [2.75, 3.05) is 54.5 Å². The number of hydrazine groups is 1. The third-order valence-electron chi connectivity index (χ3n) is 7.85. The lowest BCUT2D eigenvalue weighted by molar-refractivity contribution is -0.131. The van der Waals surface area contributed by atoms with E-state index in [4.69, 9.17) is 4.74 Å². The number of benzene rings is 1. The summed E-state index contributed by atoms with van der Waals surface area (Å²) in [5, 5.41) is 21.9. The predicted molar refractivity (Wildman–Crippen MR) is 173 cm³/mol. The predicted octanol–water partition coefficient (Wildman–Crippen LogP) is 1.43. The van der Waals surface area contributed by atoms with Gasteiger partial charge in [-0.25, -0.2) is 14.6 Å². The van der Waals surface area contributed by atoms with Gasteiger partial charge in [-0.3, -0.25) is 15.0 Å². The smallest absolute Gasteiger partial charge is 0.317 e. The van der Waals surface area contributed by atoms with Gasteiger partial charge in [0, 0.05) is 54.5 Å². The average Bonchev–Trinajstić information content (AvgIpc) is 2.98. The van der Waals surface area contributed by atoms with E-state index in [1.807, 2.05) is 58.0 Å². The molecule has 4 atom stereocenters. The standard InChI is InChI=1S/C32H55N7O6/c1-21(2)27(34-31(43)37(5)6)29(41)33-25(18-23-12-10-9-11-13-23)26(40)20-39(19-24-14-16-45-17-15-24)36-30(42)28(22(3)4)35-32(44)38(7)8/h9-13,21-22,24-28,40H,14-20H2,1-8H3,(H,33,41)(H,34,43)(H,35,44)(H,36,42)/t25?,26?,27-,28-/m0/s1. The fraction of sp³-hybridized carbons (Fsp3) is 0.688. The first-order chi connectivity index (χ1) is 21.2. The van der Waals surface area contributed by atoms with Crippen LogP contribution in [0.25, 0.3) is 0 Å². The highest BCUT2D eigenvalue weighted by Crippen LogP contribution is 2.17. The largest absolute Gasteiger partial charge is 0.390 e. The average molecular weight is 634 g/mol. The summed E-state index contributed by atoms with van der Waals surface area (Å²) in [6.07, 6.45) is 0.839. The Morgan fingerprint density at radius 3 is 1.82 bits per heavy atom. The van der Waals surface area contributed by atoms with Crippen molar-refractivity contribution in [3.63, 3.8) is 0 Å². The second-order valence-corrected chi connectivity index (χ2v) is 12.9. The second kappa shape index (κ2) is 18.5. The lowest BCUT2D eigenvalue weighted by Gasteiger charge is -2.35. The topological polar surface area (TPSA) is 156 Å². The van der Waals surface area contributed by atoms with Crippen LogP contribution in [0, 0.1) is 17.8 Å². The van der Waals surface area contributed by atoms with Crippen molar-refractivity contribution in [1.29, 1.82) is 0 Å². The molecule has 0 bridgehead atoms. The van der Waals surface area contributed by atoms with Gasteiger partial charge < -0.3 is 35.6 Å². The number of carbonyl (C=O) groups is 4. The number of amides is 6. The summed E-state index contributed by atoms with van der Waals surface area (Å²) in [5.41, 5.74) is 3.87. The Hall–Kier alpha value is -3.42. The fourth-order valence-electron chi connectivity index (χ4n) is 5.00. The van der Waals surface area contributed by atoms with Crippen molar-refractivity contribution in [3.05, 3.63) is 35.9 Å². The minimum absolute atomic E-state index is 0.0176. The molecule has 13 nitrogen and oxygen atoms in total. The molecule has 13 heteroatoms. The number of nitrogens with one attached hydrogen (secondary N) is 4. The zero-order valence-electron chi connectivity index (χ0n) is 28.2. The van der Waals surface area contributed by atoms with Crippen molar-refractivity contribution >= 4 is 23.9 Å². The highest BCUT2D eigenvalue weighted by molar-refractivity contribution is 5.88. The summed E-state index contributed by atoms with van der Waals surface area (Å²) in [6, 6.07) is 6.37. The van der Waals surface area contributed by atoms with E-state index in [-0.39, 0.29) is 30.3 Å². The van der Waals surface area contributed by atoms with Gasteiger partial charge in [0.15, 0.2) is 0 Å². The normalized spacial score (nSPS) is 16.4. The SMILES string of the molecule is CC(C)[C@H](NC(=O)N(C)C)C(=O)NC(Cc1ccccc1)C(O)CN(CC1CCOCC1)NC(=O)[C@@H](NC(=O)N(C)C)C(C)C. The van der Waals surface area contributed by atoms with Gasteiger partial charge in [0.05, 0.1) is 12.1 Å². The number of hydrogen-bond acceptors (Lipinski definition) is 7. The Morgan fingerprint density at radius 1 is 0.822 bits per heavy atom. The van der Waals surface area contributed by atoms with Crippen LogP contribution in [0.15, 0.2) is 30.3 Å². The van der Waals surface area contributed by atoms with E-state index in [0.29, 0.717) is 26.2 Å². The maximum absolute atomic E-state index is 13.6. The van der Waals surface area contributed by atoms with Crippen LogP contribution in [0.2, 0.25) is 0 Å². The number of nitrogens with zero attached hydrogens (tertiary/aromatic N) is 3. The van der Waals surface area contributed by atoms with Crippen LogP contribution in [0.1, 0.15) is 46.1 Å². The first-order valence-electron chi connectivity index (χ1n) is 15.8. The van der Waals surface area contributed by atoms with E-state index in [1.54, 1.807) is 33.2 Å². The molecule has 1 fully saturated rings. The van der Waals surface area contributed by atoms with E-state index in [9.17, 15) is 24.3 Å². The Bertz CT molecular complexity index is 1080. The van der Waals surface area contributed by atoms with Gasteiger partial charge in [-0.2, -0.15) is 0 Å². The molecule has 2 rings (SSSR count). The van der Waals surface area contributed by atoms with Gasteiger partial charge in [-0.1, -0.05) is 58.0 Å². The molecule has 6 amide bonds. The minimum atomic E-state index is -1.10. The van der Waals surface area contributed by atoms with Crippen LogP contribution in [-0.2, 0) is 20.7 Å². The van der Waals surface area contributed by atoms with Gasteiger partial charge in [0.2, 0.25) is 5.91 Å². The molecule has 1 saturated heterocycles. The highest BCUT2D eigenvalue weighted by Gasteiger charge is 2.33. The molecule has 0 aromatic heterocycles. The molecule has 1 aliphatic heterocycles. The first kappa shape index (κ1) is 37.8. The molecule has 1 heterocycles. The summed E-state index contributed by atoms with van der Waals surface area (Å²) in [5.74, 6) is -0.994. The third kappa shape index (κ3) is 12.8. The summed E-state index contributed by atoms with van der Waals surface area (Å²) < 4.78 is 5.52. The minimum Gasteiger partial charge on any atom is -0.390 e. The van der Waals surface area contributed by atoms with Gasteiger partial charge in [-0.15, -0.1) is 0 Å². The Labute approximate surface area is 268 Å². The van der Waals surface area contributed by atoms with Crippen LogP contribution >= 0.6 is 0 Å². The number of hydrogen-bond donors (Lipinski definition) is 5. The quantitative estimate of drug-likeness (QED) is 0.183. The molecule has 1 aromatic carbocycles. The Kier molecular flexibility index (Phi) is 15.5. The molecular formula is C32H55N7O6. The Morgan fingerprint density at radius 2 is 1.33 bits per heavy atom. The molecule has 0 radical (unpaired) electrons. The van der Waals surface area contributed by atoms with Crippen LogP contribution in [0.4, 0.5) is 9.59 Å². The van der Waals surface area contributed by atoms with E-state index in [1.165, 1.54) is 9.80 Å². The van der Waals surface area contributed by atoms with Crippen molar-refractivity contribution in [2.24, 2.45) is 17.8 Å². The molecule has 0 spiro atoms. The van der Waals surface area contributed by atoms with Gasteiger partial charge >= 0.3 is 12.1 Å². The Balaban J connectivity index is 2.32. The third-order valence-corrected chi connectivity index (χ3v) is 7.85. The summed E-state index contributed by atoms with van der Waals surface area (Å²) in [4.78, 5) is 54.6. The molecule has 254 valence electrons. The maximum atomic E-state index is 13.6. The van der Waals surface area contributed by atoms with Gasteiger partial charge in [-0.05, 0) is 42.6 Å². The second-order valence-electron chi connectivity index (χ2n) is 12.9. The number of carbonyl (C=O) groups excluding carboxylic acids is 4. The van der Waals surface area contributed by atoms with E-state index in [2.05, 4.69) is 21.4 Å². The number of aliphatic hydroxyl groups is 1. The van der Waals surface area contributed by atoms with Crippen molar-refractivity contribution in [1.82, 2.24) is 36.2 Å². The van der Waals surface area contributed by atoms with Crippen molar-refractivity contribution < 1.29 is 29.0 Å². The van der Waals surface area contributed by atoms with Crippen LogP contribution in [-0.4, -0.2) is 123 Å². The van der Waals surface area contributed by atoms with Crippen LogP contribution in [0.5, 0.6) is 0 Å². The van der Waals surface area contributed by atoms with E-state index in [0.717, 1.165) is 18.4 Å². The summed E-state index contributed by atoms with van der Waals surface area (Å²) >= 11 is 0. The van der Waals surface area contributed by atoms with Crippen LogP contribution in [0.3, 0.4) is 0 Å². The molecule has 5 N–H and O–H groups in total. The zero-order chi connectivity index (χ0) is 33.7. The maximum Gasteiger partial charge on any atom is 0.317 e. The summed E-state index contributed by atoms with van der Waals surface area (Å²) in [7, 11) is 6.41. The molecule has 45 heavy (non-hydrogen) atoms. The number of rotatable bonds is 15. The number of urea groups is 2. The fourth-order valence-corrected chi connectivity index (χ4v) is 5.00. The highest BCUT2D eigenvalue weighted by atomic mass is 16.5. The monoisotopic (exact) mass is 633 g/mol. The molecule has 0 saturated carbocycles.